The Morgan fingerprint density at radius 3 is 2.52 bits per heavy atom. The molecule has 0 bridgehead atoms. The van der Waals surface area contributed by atoms with Crippen molar-refractivity contribution in [3.8, 4) is 0 Å². The number of hydrogen-bond donors (Lipinski definition) is 2. The molecule has 4 nitrogen and oxygen atoms in total. The maximum atomic E-state index is 11.2. The van der Waals surface area contributed by atoms with Crippen molar-refractivity contribution in [3.05, 3.63) is 65.2 Å². The molecule has 1 unspecified atom stereocenters. The average molecular weight is 284 g/mol. The Balaban J connectivity index is 2.23. The Labute approximate surface area is 124 Å². The summed E-state index contributed by atoms with van der Waals surface area (Å²) in [7, 11) is 1.68. The largest absolute Gasteiger partial charge is 0.382 e. The molecule has 0 heterocycles. The van der Waals surface area contributed by atoms with Gasteiger partial charge < -0.3 is 15.8 Å². The van der Waals surface area contributed by atoms with Crippen LogP contribution in [0.25, 0.3) is 0 Å². The normalized spacial score (nSPS) is 11.9. The number of hydrogen-bond acceptors (Lipinski definition) is 3. The third-order valence-corrected chi connectivity index (χ3v) is 3.38. The predicted octanol–water partition coefficient (Wildman–Crippen LogP) is 2.89. The van der Waals surface area contributed by atoms with Crippen LogP contribution in [0.3, 0.4) is 0 Å². The lowest BCUT2D eigenvalue weighted by Gasteiger charge is -2.21. The van der Waals surface area contributed by atoms with Crippen molar-refractivity contribution < 1.29 is 9.53 Å². The number of nitrogens with two attached hydrogens (primary N) is 1. The van der Waals surface area contributed by atoms with Gasteiger partial charge in [-0.25, -0.2) is 0 Å². The molecule has 0 saturated carbocycles. The standard InChI is InChI=1S/C17H20N2O2/c1-12-10-14(17(18)20)8-9-15(12)19-16(11-21-2)13-6-4-3-5-7-13/h3-10,16,19H,11H2,1-2H3,(H2,18,20). The predicted molar refractivity (Wildman–Crippen MR) is 84.4 cm³/mol. The Bertz CT molecular complexity index is 611. The van der Waals surface area contributed by atoms with Crippen molar-refractivity contribution in [2.75, 3.05) is 19.0 Å². The first-order valence-corrected chi connectivity index (χ1v) is 6.82. The van der Waals surface area contributed by atoms with E-state index in [0.717, 1.165) is 16.8 Å². The Morgan fingerprint density at radius 1 is 1.24 bits per heavy atom. The fourth-order valence-corrected chi connectivity index (χ4v) is 2.24. The van der Waals surface area contributed by atoms with Crippen LogP contribution in [-0.2, 0) is 4.74 Å². The van der Waals surface area contributed by atoms with E-state index in [1.165, 1.54) is 0 Å². The molecular weight excluding hydrogens is 264 g/mol. The lowest BCUT2D eigenvalue weighted by Crippen LogP contribution is -2.17. The van der Waals surface area contributed by atoms with Gasteiger partial charge >= 0.3 is 0 Å². The minimum absolute atomic E-state index is 0.0503. The first-order chi connectivity index (χ1) is 10.1. The first-order valence-electron chi connectivity index (χ1n) is 6.82. The zero-order chi connectivity index (χ0) is 15.2. The summed E-state index contributed by atoms with van der Waals surface area (Å²) in [5.74, 6) is -0.416. The number of primary amides is 1. The Hall–Kier alpha value is -2.33. The van der Waals surface area contributed by atoms with E-state index < -0.39 is 5.91 Å². The van der Waals surface area contributed by atoms with Crippen LogP contribution < -0.4 is 11.1 Å². The molecule has 0 radical (unpaired) electrons. The van der Waals surface area contributed by atoms with E-state index >= 15 is 0 Å². The maximum Gasteiger partial charge on any atom is 0.248 e. The van der Waals surface area contributed by atoms with E-state index in [0.29, 0.717) is 12.2 Å². The lowest BCUT2D eigenvalue weighted by atomic mass is 10.0. The Morgan fingerprint density at radius 2 is 1.95 bits per heavy atom. The third-order valence-electron chi connectivity index (χ3n) is 3.38. The highest BCUT2D eigenvalue weighted by molar-refractivity contribution is 5.93. The van der Waals surface area contributed by atoms with Crippen molar-refractivity contribution in [2.24, 2.45) is 5.73 Å². The molecule has 0 aliphatic carbocycles. The summed E-state index contributed by atoms with van der Waals surface area (Å²) in [5, 5.41) is 3.45. The molecule has 2 aromatic rings. The van der Waals surface area contributed by atoms with Gasteiger partial charge in [-0.2, -0.15) is 0 Å². The number of carbonyl (C=O) groups is 1. The quantitative estimate of drug-likeness (QED) is 0.857. The number of nitrogens with one attached hydrogen (secondary N) is 1. The molecule has 2 aromatic carbocycles. The van der Waals surface area contributed by atoms with Crippen molar-refractivity contribution in [3.63, 3.8) is 0 Å². The number of methoxy groups -OCH3 is 1. The molecule has 0 aliphatic heterocycles. The molecule has 1 amide bonds. The molecule has 2 rings (SSSR count). The second-order valence-electron chi connectivity index (χ2n) is 4.96. The summed E-state index contributed by atoms with van der Waals surface area (Å²) >= 11 is 0. The zero-order valence-electron chi connectivity index (χ0n) is 12.3. The van der Waals surface area contributed by atoms with Crippen LogP contribution in [0, 0.1) is 6.92 Å². The third kappa shape index (κ3) is 3.83. The fourth-order valence-electron chi connectivity index (χ4n) is 2.24. The minimum Gasteiger partial charge on any atom is -0.382 e. The molecule has 0 saturated heterocycles. The fraction of sp³-hybridized carbons (Fsp3) is 0.235. The number of rotatable bonds is 6. The second kappa shape index (κ2) is 6.90. The van der Waals surface area contributed by atoms with Crippen LogP contribution in [0.5, 0.6) is 0 Å². The van der Waals surface area contributed by atoms with Gasteiger partial charge in [-0.1, -0.05) is 30.3 Å². The summed E-state index contributed by atoms with van der Waals surface area (Å²) < 4.78 is 5.30. The smallest absolute Gasteiger partial charge is 0.248 e. The van der Waals surface area contributed by atoms with Gasteiger partial charge in [0.2, 0.25) is 5.91 Å². The second-order valence-corrected chi connectivity index (χ2v) is 4.96. The maximum absolute atomic E-state index is 11.2. The molecule has 0 aromatic heterocycles. The van der Waals surface area contributed by atoms with Crippen molar-refractivity contribution >= 4 is 11.6 Å². The summed E-state index contributed by atoms with van der Waals surface area (Å²) in [4.78, 5) is 11.2. The van der Waals surface area contributed by atoms with Crippen LogP contribution in [0.4, 0.5) is 5.69 Å². The van der Waals surface area contributed by atoms with Crippen molar-refractivity contribution in [1.29, 1.82) is 0 Å². The van der Waals surface area contributed by atoms with E-state index in [1.54, 1.807) is 19.2 Å². The highest BCUT2D eigenvalue weighted by atomic mass is 16.5. The lowest BCUT2D eigenvalue weighted by molar-refractivity contribution is 0.1000. The highest BCUT2D eigenvalue weighted by Gasteiger charge is 2.12. The van der Waals surface area contributed by atoms with Gasteiger partial charge in [0, 0.05) is 18.4 Å². The average Bonchev–Trinajstić information content (AvgIpc) is 2.49. The van der Waals surface area contributed by atoms with Gasteiger partial charge in [-0.15, -0.1) is 0 Å². The van der Waals surface area contributed by atoms with Crippen molar-refractivity contribution in [2.45, 2.75) is 13.0 Å². The van der Waals surface area contributed by atoms with Crippen molar-refractivity contribution in [1.82, 2.24) is 0 Å². The SMILES string of the molecule is COCC(Nc1ccc(C(N)=O)cc1C)c1ccccc1. The summed E-state index contributed by atoms with van der Waals surface area (Å²) in [6, 6.07) is 15.6. The first kappa shape index (κ1) is 15.1. The van der Waals surface area contributed by atoms with Gasteiger partial charge in [-0.3, -0.25) is 4.79 Å². The summed E-state index contributed by atoms with van der Waals surface area (Å²) in [6.45, 7) is 2.50. The molecule has 110 valence electrons. The van der Waals surface area contributed by atoms with E-state index in [-0.39, 0.29) is 6.04 Å². The van der Waals surface area contributed by atoms with E-state index in [9.17, 15) is 4.79 Å². The van der Waals surface area contributed by atoms with Crippen LogP contribution >= 0.6 is 0 Å². The zero-order valence-corrected chi connectivity index (χ0v) is 12.3. The van der Waals surface area contributed by atoms with Gasteiger partial charge in [0.05, 0.1) is 12.6 Å². The van der Waals surface area contributed by atoms with Crippen LogP contribution in [0.2, 0.25) is 0 Å². The number of amides is 1. The van der Waals surface area contributed by atoms with Crippen LogP contribution in [0.1, 0.15) is 27.5 Å². The number of anilines is 1. The van der Waals surface area contributed by atoms with Gasteiger partial charge in [0.15, 0.2) is 0 Å². The minimum atomic E-state index is -0.416. The van der Waals surface area contributed by atoms with Gasteiger partial charge in [0.25, 0.3) is 0 Å². The molecule has 4 heteroatoms. The number of carbonyl (C=O) groups excluding carboxylic acids is 1. The van der Waals surface area contributed by atoms with E-state index in [2.05, 4.69) is 17.4 Å². The van der Waals surface area contributed by atoms with E-state index in [4.69, 9.17) is 10.5 Å². The molecule has 0 aliphatic rings. The highest BCUT2D eigenvalue weighted by Crippen LogP contribution is 2.23. The number of aryl methyl sites for hydroxylation is 1. The topological polar surface area (TPSA) is 64.3 Å². The summed E-state index contributed by atoms with van der Waals surface area (Å²) in [6.07, 6.45) is 0. The molecule has 0 spiro atoms. The summed E-state index contributed by atoms with van der Waals surface area (Å²) in [5.41, 5.74) is 8.90. The van der Waals surface area contributed by atoms with Crippen LogP contribution in [-0.4, -0.2) is 19.6 Å². The number of benzene rings is 2. The Kier molecular flexibility index (Phi) is 4.95. The van der Waals surface area contributed by atoms with Crippen LogP contribution in [0.15, 0.2) is 48.5 Å². The molecular formula is C17H20N2O2. The van der Waals surface area contributed by atoms with Gasteiger partial charge in [0.1, 0.15) is 0 Å². The molecule has 1 atom stereocenters. The van der Waals surface area contributed by atoms with E-state index in [1.807, 2.05) is 31.2 Å². The molecule has 3 N–H and O–H groups in total. The number of ether oxygens (including phenoxy) is 1. The molecule has 0 fully saturated rings. The molecule has 21 heavy (non-hydrogen) atoms. The van der Waals surface area contributed by atoms with Gasteiger partial charge in [-0.05, 0) is 36.2 Å². The monoisotopic (exact) mass is 284 g/mol.